The maximum atomic E-state index is 5.88. The number of benzene rings is 1. The predicted molar refractivity (Wildman–Crippen MR) is 99.8 cm³/mol. The second kappa shape index (κ2) is 7.96. The molecule has 0 N–H and O–H groups in total. The van der Waals surface area contributed by atoms with Gasteiger partial charge in [-0.2, -0.15) is 0 Å². The molecular weight excluding hydrogens is 328 g/mol. The highest BCUT2D eigenvalue weighted by Gasteiger charge is 2.26. The van der Waals surface area contributed by atoms with Crippen LogP contribution in [0.4, 0.5) is 0 Å². The summed E-state index contributed by atoms with van der Waals surface area (Å²) in [6, 6.07) is 10.6. The first-order valence-corrected chi connectivity index (χ1v) is 9.46. The summed E-state index contributed by atoms with van der Waals surface area (Å²) in [5.41, 5.74) is 2.29. The fourth-order valence-corrected chi connectivity index (χ4v) is 3.85. The lowest BCUT2D eigenvalue weighted by Crippen LogP contribution is -2.33. The van der Waals surface area contributed by atoms with Crippen LogP contribution in [-0.2, 0) is 6.54 Å². The lowest BCUT2D eigenvalue weighted by Gasteiger charge is -2.35. The van der Waals surface area contributed by atoms with Crippen molar-refractivity contribution in [2.75, 3.05) is 26.9 Å². The van der Waals surface area contributed by atoms with Crippen molar-refractivity contribution in [2.24, 2.45) is 0 Å². The Morgan fingerprint density at radius 2 is 1.96 bits per heavy atom. The topological polar surface area (TPSA) is 43.8 Å². The summed E-state index contributed by atoms with van der Waals surface area (Å²) in [7, 11) is 1.72. The normalized spacial score (nSPS) is 20.4. The van der Waals surface area contributed by atoms with Gasteiger partial charge in [-0.25, -0.2) is 0 Å². The summed E-state index contributed by atoms with van der Waals surface area (Å²) in [5.74, 6) is 2.47. The quantitative estimate of drug-likeness (QED) is 0.831. The van der Waals surface area contributed by atoms with E-state index in [-0.39, 0.29) is 0 Å². The molecule has 1 aromatic heterocycles. The summed E-state index contributed by atoms with van der Waals surface area (Å²) in [5, 5.41) is 0. The Kier molecular flexibility index (Phi) is 5.25. The zero-order valence-corrected chi connectivity index (χ0v) is 15.3. The third-order valence-corrected chi connectivity index (χ3v) is 5.17. The highest BCUT2D eigenvalue weighted by Crippen LogP contribution is 2.39. The Hall–Kier alpha value is -2.27. The summed E-state index contributed by atoms with van der Waals surface area (Å²) in [6.07, 6.45) is 6.40. The predicted octanol–water partition coefficient (Wildman–Crippen LogP) is 3.98. The zero-order chi connectivity index (χ0) is 17.8. The van der Waals surface area contributed by atoms with Crippen molar-refractivity contribution in [3.63, 3.8) is 0 Å². The molecule has 1 aromatic carbocycles. The number of rotatable bonds is 4. The van der Waals surface area contributed by atoms with Crippen LogP contribution >= 0.6 is 0 Å². The number of ether oxygens (including phenoxy) is 3. The van der Waals surface area contributed by atoms with Gasteiger partial charge in [-0.05, 0) is 37.6 Å². The molecule has 2 aliphatic rings. The van der Waals surface area contributed by atoms with E-state index in [4.69, 9.17) is 14.2 Å². The molecular formula is C21H26N2O3. The second-order valence-electron chi connectivity index (χ2n) is 6.90. The third-order valence-electron chi connectivity index (χ3n) is 5.17. The lowest BCUT2D eigenvalue weighted by atomic mass is 9.97. The van der Waals surface area contributed by atoms with Gasteiger partial charge in [0.15, 0.2) is 11.5 Å². The van der Waals surface area contributed by atoms with E-state index in [2.05, 4.69) is 28.1 Å². The summed E-state index contributed by atoms with van der Waals surface area (Å²) in [4.78, 5) is 7.11. The Morgan fingerprint density at radius 3 is 2.73 bits per heavy atom. The van der Waals surface area contributed by atoms with Crippen LogP contribution < -0.4 is 14.2 Å². The number of nitrogens with zero attached hydrogens (tertiary/aromatic N) is 2. The van der Waals surface area contributed by atoms with E-state index < -0.39 is 0 Å². The average Bonchev–Trinajstić information content (AvgIpc) is 2.93. The van der Waals surface area contributed by atoms with Crippen molar-refractivity contribution in [3.05, 3.63) is 47.8 Å². The van der Waals surface area contributed by atoms with Crippen LogP contribution in [0.1, 0.15) is 43.0 Å². The maximum absolute atomic E-state index is 5.88. The molecule has 0 radical (unpaired) electrons. The van der Waals surface area contributed by atoms with Crippen molar-refractivity contribution in [1.29, 1.82) is 0 Å². The first-order valence-electron chi connectivity index (χ1n) is 9.46. The van der Waals surface area contributed by atoms with Crippen LogP contribution in [0.15, 0.2) is 36.5 Å². The van der Waals surface area contributed by atoms with Gasteiger partial charge in [0.05, 0.1) is 32.1 Å². The van der Waals surface area contributed by atoms with Crippen molar-refractivity contribution >= 4 is 0 Å². The molecule has 0 saturated carbocycles. The van der Waals surface area contributed by atoms with Gasteiger partial charge in [-0.1, -0.05) is 12.5 Å². The molecule has 0 bridgehead atoms. The van der Waals surface area contributed by atoms with E-state index >= 15 is 0 Å². The van der Waals surface area contributed by atoms with Gasteiger partial charge in [-0.3, -0.25) is 9.88 Å². The standard InChI is InChI=1S/C21H26N2O3/c1-24-19-14-21-20(25-11-6-12-26-21)13-16(19)15-23-10-5-3-8-18(23)17-7-2-4-9-22-17/h2,4,7,9,13-14,18H,3,5-6,8,10-12,15H2,1H3. The molecule has 1 atom stereocenters. The van der Waals surface area contributed by atoms with Crippen molar-refractivity contribution < 1.29 is 14.2 Å². The van der Waals surface area contributed by atoms with Gasteiger partial charge in [-0.15, -0.1) is 0 Å². The molecule has 0 aliphatic carbocycles. The maximum Gasteiger partial charge on any atom is 0.164 e. The first-order chi connectivity index (χ1) is 12.8. The van der Waals surface area contributed by atoms with E-state index in [1.165, 1.54) is 12.8 Å². The molecule has 3 heterocycles. The number of methoxy groups -OCH3 is 1. The van der Waals surface area contributed by atoms with Crippen LogP contribution in [0.5, 0.6) is 17.2 Å². The fraction of sp³-hybridized carbons (Fsp3) is 0.476. The Morgan fingerprint density at radius 1 is 1.12 bits per heavy atom. The molecule has 138 valence electrons. The SMILES string of the molecule is COc1cc2c(cc1CN1CCCCC1c1ccccn1)OCCCO2. The molecule has 1 saturated heterocycles. The molecule has 1 unspecified atom stereocenters. The number of aromatic nitrogens is 1. The number of pyridine rings is 1. The number of hydrogen-bond donors (Lipinski definition) is 0. The fourth-order valence-electron chi connectivity index (χ4n) is 3.85. The molecule has 0 amide bonds. The number of hydrogen-bond acceptors (Lipinski definition) is 5. The molecule has 4 rings (SSSR count). The number of piperidine rings is 1. The van der Waals surface area contributed by atoms with Crippen molar-refractivity contribution in [2.45, 2.75) is 38.3 Å². The highest BCUT2D eigenvalue weighted by molar-refractivity contribution is 5.51. The van der Waals surface area contributed by atoms with E-state index in [0.29, 0.717) is 19.3 Å². The second-order valence-corrected chi connectivity index (χ2v) is 6.90. The van der Waals surface area contributed by atoms with E-state index in [1.54, 1.807) is 7.11 Å². The minimum atomic E-state index is 0.352. The first kappa shape index (κ1) is 17.2. The minimum absolute atomic E-state index is 0.352. The van der Waals surface area contributed by atoms with E-state index in [1.807, 2.05) is 18.3 Å². The van der Waals surface area contributed by atoms with Gasteiger partial charge in [0, 0.05) is 30.8 Å². The highest BCUT2D eigenvalue weighted by atomic mass is 16.5. The van der Waals surface area contributed by atoms with E-state index in [9.17, 15) is 0 Å². The van der Waals surface area contributed by atoms with Crippen LogP contribution in [-0.4, -0.2) is 36.8 Å². The molecule has 2 aliphatic heterocycles. The third kappa shape index (κ3) is 3.63. The summed E-state index contributed by atoms with van der Waals surface area (Å²) >= 11 is 0. The lowest BCUT2D eigenvalue weighted by molar-refractivity contribution is 0.135. The van der Waals surface area contributed by atoms with Gasteiger partial charge in [0.25, 0.3) is 0 Å². The zero-order valence-electron chi connectivity index (χ0n) is 15.3. The van der Waals surface area contributed by atoms with Crippen LogP contribution in [0.3, 0.4) is 0 Å². The largest absolute Gasteiger partial charge is 0.496 e. The van der Waals surface area contributed by atoms with Crippen molar-refractivity contribution in [3.8, 4) is 17.2 Å². The minimum Gasteiger partial charge on any atom is -0.496 e. The molecule has 5 heteroatoms. The van der Waals surface area contributed by atoms with Crippen LogP contribution in [0, 0.1) is 0 Å². The van der Waals surface area contributed by atoms with Gasteiger partial charge < -0.3 is 14.2 Å². The van der Waals surface area contributed by atoms with E-state index in [0.717, 1.165) is 54.4 Å². The van der Waals surface area contributed by atoms with Crippen LogP contribution in [0.25, 0.3) is 0 Å². The number of likely N-dealkylation sites (tertiary alicyclic amines) is 1. The van der Waals surface area contributed by atoms with Gasteiger partial charge in [0.2, 0.25) is 0 Å². The molecule has 1 fully saturated rings. The monoisotopic (exact) mass is 354 g/mol. The molecule has 0 spiro atoms. The molecule has 2 aromatic rings. The Bertz CT molecular complexity index is 736. The molecule has 5 nitrogen and oxygen atoms in total. The number of fused-ring (bicyclic) bond motifs is 1. The van der Waals surface area contributed by atoms with Gasteiger partial charge in [0.1, 0.15) is 5.75 Å². The summed E-state index contributed by atoms with van der Waals surface area (Å²) < 4.78 is 17.3. The molecule has 26 heavy (non-hydrogen) atoms. The smallest absolute Gasteiger partial charge is 0.164 e. The van der Waals surface area contributed by atoms with Crippen molar-refractivity contribution in [1.82, 2.24) is 9.88 Å². The average molecular weight is 354 g/mol. The van der Waals surface area contributed by atoms with Crippen LogP contribution in [0.2, 0.25) is 0 Å². The Balaban J connectivity index is 1.61. The van der Waals surface area contributed by atoms with Gasteiger partial charge >= 0.3 is 0 Å². The summed E-state index contributed by atoms with van der Waals surface area (Å²) in [6.45, 7) is 3.27. The Labute approximate surface area is 154 Å².